The second-order valence-electron chi connectivity index (χ2n) is 3.60. The summed E-state index contributed by atoms with van der Waals surface area (Å²) in [5, 5.41) is 0. The first-order valence-electron chi connectivity index (χ1n) is 6.33. The van der Waals surface area contributed by atoms with Crippen LogP contribution < -0.4 is 0 Å². The predicted molar refractivity (Wildman–Crippen MR) is 72.9 cm³/mol. The second-order valence-corrected chi connectivity index (χ2v) is 3.60. The molecule has 0 heterocycles. The van der Waals surface area contributed by atoms with Crippen LogP contribution in [0.2, 0.25) is 0 Å². The van der Waals surface area contributed by atoms with Crippen LogP contribution in [-0.4, -0.2) is 23.9 Å². The molecule has 1 aromatic rings. The van der Waals surface area contributed by atoms with Crippen molar-refractivity contribution in [1.82, 2.24) is 4.90 Å². The Labute approximate surface area is 105 Å². The van der Waals surface area contributed by atoms with Crippen LogP contribution in [0.4, 0.5) is 0 Å². The third-order valence-electron chi connectivity index (χ3n) is 2.55. The molecule has 2 nitrogen and oxygen atoms in total. The van der Waals surface area contributed by atoms with Crippen LogP contribution in [0.1, 0.15) is 31.1 Å². The van der Waals surface area contributed by atoms with Crippen LogP contribution in [0.5, 0.6) is 0 Å². The molecule has 0 N–H and O–H groups in total. The zero-order chi connectivity index (χ0) is 13.5. The number of carbonyl (C=O) groups is 1. The molecule has 2 heteroatoms. The van der Waals surface area contributed by atoms with E-state index in [4.69, 9.17) is 1.37 Å². The van der Waals surface area contributed by atoms with Crippen LogP contribution in [0.25, 0.3) is 6.05 Å². The maximum atomic E-state index is 12.1. The average molecular weight is 230 g/mol. The van der Waals surface area contributed by atoms with Gasteiger partial charge in [-0.05, 0) is 31.5 Å². The Bertz CT molecular complexity index is 444. The highest BCUT2D eigenvalue weighted by molar-refractivity contribution is 5.94. The van der Waals surface area contributed by atoms with Gasteiger partial charge in [-0.1, -0.05) is 36.9 Å². The van der Waals surface area contributed by atoms with Gasteiger partial charge in [0, 0.05) is 18.7 Å². The fraction of sp³-hybridized carbons (Fsp3) is 0.267. The molecular weight excluding hydrogens is 210 g/mol. The lowest BCUT2D eigenvalue weighted by atomic mass is 10.1. The molecule has 0 fully saturated rings. The Morgan fingerprint density at radius 1 is 1.35 bits per heavy atom. The minimum atomic E-state index is 0.0331. The van der Waals surface area contributed by atoms with Crippen molar-refractivity contribution in [2.24, 2.45) is 0 Å². The number of amides is 1. The van der Waals surface area contributed by atoms with Crippen molar-refractivity contribution in [2.75, 3.05) is 13.1 Å². The molecular formula is C15H19NO. The Morgan fingerprint density at radius 2 is 1.94 bits per heavy atom. The average Bonchev–Trinajstić information content (AvgIpc) is 2.40. The van der Waals surface area contributed by atoms with E-state index in [2.05, 4.69) is 6.58 Å². The first-order chi connectivity index (χ1) is 8.63. The summed E-state index contributed by atoms with van der Waals surface area (Å²) >= 11 is 0. The van der Waals surface area contributed by atoms with Crippen LogP contribution in [0.3, 0.4) is 0 Å². The number of allylic oxidation sites excluding steroid dienone is 2. The van der Waals surface area contributed by atoms with Crippen molar-refractivity contribution < 1.29 is 6.17 Å². The van der Waals surface area contributed by atoms with Crippen molar-refractivity contribution in [3.05, 3.63) is 54.1 Å². The molecule has 1 rings (SSSR count). The summed E-state index contributed by atoms with van der Waals surface area (Å²) in [5.41, 5.74) is 1.44. The summed E-state index contributed by atoms with van der Waals surface area (Å²) in [7, 11) is 0. The third-order valence-corrected chi connectivity index (χ3v) is 2.55. The number of hydrogen-bond donors (Lipinski definition) is 0. The molecule has 17 heavy (non-hydrogen) atoms. The Balaban J connectivity index is 2.92. The summed E-state index contributed by atoms with van der Waals surface area (Å²) in [5.74, 6) is 0.0331. The van der Waals surface area contributed by atoms with Crippen molar-refractivity contribution in [1.29, 1.82) is 0 Å². The van der Waals surface area contributed by atoms with E-state index in [1.807, 2.05) is 13.8 Å². The molecule has 0 aliphatic heterocycles. The van der Waals surface area contributed by atoms with Crippen molar-refractivity contribution in [3.63, 3.8) is 0 Å². The fourth-order valence-electron chi connectivity index (χ4n) is 1.56. The molecule has 90 valence electrons. The van der Waals surface area contributed by atoms with Gasteiger partial charge in [-0.2, -0.15) is 0 Å². The molecule has 0 radical (unpaired) electrons. The molecule has 0 atom stereocenters. The minimum Gasteiger partial charge on any atom is -0.339 e. The lowest BCUT2D eigenvalue weighted by Gasteiger charge is -2.18. The van der Waals surface area contributed by atoms with E-state index in [1.54, 1.807) is 41.3 Å². The highest BCUT2D eigenvalue weighted by atomic mass is 16.2. The van der Waals surface area contributed by atoms with E-state index < -0.39 is 0 Å². The van der Waals surface area contributed by atoms with Crippen LogP contribution in [0, 0.1) is 0 Å². The van der Waals surface area contributed by atoms with E-state index in [0.717, 1.165) is 5.56 Å². The molecule has 0 saturated heterocycles. The minimum absolute atomic E-state index is 0.0331. The molecule has 0 aromatic heterocycles. The lowest BCUT2D eigenvalue weighted by Crippen LogP contribution is -2.30. The van der Waals surface area contributed by atoms with Gasteiger partial charge in [-0.3, -0.25) is 4.79 Å². The largest absolute Gasteiger partial charge is 0.339 e. The Hall–Kier alpha value is -1.83. The highest BCUT2D eigenvalue weighted by Gasteiger charge is 2.11. The summed E-state index contributed by atoms with van der Waals surface area (Å²) in [6, 6.07) is 7.51. The molecule has 1 aromatic carbocycles. The van der Waals surface area contributed by atoms with E-state index in [1.165, 1.54) is 0 Å². The maximum Gasteiger partial charge on any atom is 0.253 e. The number of carbonyl (C=O) groups excluding carboxylic acids is 1. The van der Waals surface area contributed by atoms with Crippen LogP contribution in [-0.2, 0) is 0 Å². The SMILES string of the molecule is [2H]/C(=C\C=C)c1ccc(C(=O)N(CC)CC)cc1. The van der Waals surface area contributed by atoms with Gasteiger partial charge in [0.15, 0.2) is 0 Å². The van der Waals surface area contributed by atoms with Gasteiger partial charge in [0.05, 0.1) is 1.37 Å². The van der Waals surface area contributed by atoms with Crippen LogP contribution >= 0.6 is 0 Å². The normalized spacial score (nSPS) is 11.9. The standard InChI is InChI=1S/C15H19NO/c1-4-7-8-13-9-11-14(12-10-13)15(17)16(5-2)6-3/h4,7-12H,1,5-6H2,2-3H3/b8-7+/i8D. The van der Waals surface area contributed by atoms with Crippen molar-refractivity contribution >= 4 is 12.0 Å². The van der Waals surface area contributed by atoms with Gasteiger partial charge in [0.2, 0.25) is 0 Å². The smallest absolute Gasteiger partial charge is 0.253 e. The quantitative estimate of drug-likeness (QED) is 0.710. The summed E-state index contributed by atoms with van der Waals surface area (Å²) < 4.78 is 7.74. The molecule has 0 unspecified atom stereocenters. The van der Waals surface area contributed by atoms with E-state index >= 15 is 0 Å². The summed E-state index contributed by atoms with van der Waals surface area (Å²) in [4.78, 5) is 13.8. The zero-order valence-electron chi connectivity index (χ0n) is 11.4. The lowest BCUT2D eigenvalue weighted by molar-refractivity contribution is 0.0773. The first kappa shape index (κ1) is 11.6. The van der Waals surface area contributed by atoms with Gasteiger partial charge >= 0.3 is 0 Å². The van der Waals surface area contributed by atoms with Crippen molar-refractivity contribution in [2.45, 2.75) is 13.8 Å². The predicted octanol–water partition coefficient (Wildman–Crippen LogP) is 3.37. The topological polar surface area (TPSA) is 20.3 Å². The number of benzene rings is 1. The van der Waals surface area contributed by atoms with E-state index in [-0.39, 0.29) is 5.91 Å². The summed E-state index contributed by atoms with van der Waals surface area (Å²) in [6.07, 6.45) is 3.21. The van der Waals surface area contributed by atoms with Crippen LogP contribution in [0.15, 0.2) is 43.0 Å². The molecule has 0 aliphatic carbocycles. The summed E-state index contributed by atoms with van der Waals surface area (Å²) in [6.45, 7) is 8.90. The molecule has 1 amide bonds. The van der Waals surface area contributed by atoms with Crippen molar-refractivity contribution in [3.8, 4) is 0 Å². The first-order valence-corrected chi connectivity index (χ1v) is 5.83. The highest BCUT2D eigenvalue weighted by Crippen LogP contribution is 2.09. The molecule has 0 bridgehead atoms. The van der Waals surface area contributed by atoms with E-state index in [9.17, 15) is 4.79 Å². The third kappa shape index (κ3) is 3.59. The molecule has 0 saturated carbocycles. The number of hydrogen-bond acceptors (Lipinski definition) is 1. The van der Waals surface area contributed by atoms with Gasteiger partial charge in [0.1, 0.15) is 0 Å². The zero-order valence-corrected chi connectivity index (χ0v) is 10.4. The fourth-order valence-corrected chi connectivity index (χ4v) is 1.56. The Morgan fingerprint density at radius 3 is 2.41 bits per heavy atom. The monoisotopic (exact) mass is 230 g/mol. The van der Waals surface area contributed by atoms with Gasteiger partial charge in [-0.25, -0.2) is 0 Å². The Kier molecular flexibility index (Phi) is 4.58. The number of rotatable bonds is 5. The molecule has 0 aliphatic rings. The molecule has 0 spiro atoms. The van der Waals surface area contributed by atoms with Gasteiger partial charge in [-0.15, -0.1) is 0 Å². The second kappa shape index (κ2) is 6.69. The van der Waals surface area contributed by atoms with E-state index in [0.29, 0.717) is 24.7 Å². The number of nitrogens with zero attached hydrogens (tertiary/aromatic N) is 1. The van der Waals surface area contributed by atoms with Gasteiger partial charge < -0.3 is 4.90 Å². The van der Waals surface area contributed by atoms with Gasteiger partial charge in [0.25, 0.3) is 5.91 Å². The maximum absolute atomic E-state index is 12.1.